The molecule has 32 heavy (non-hydrogen) atoms. The number of aryl methyl sites for hydroxylation is 1. The number of anilines is 1. The fraction of sp³-hybridized carbons (Fsp3) is 0.240. The summed E-state index contributed by atoms with van der Waals surface area (Å²) in [6.07, 6.45) is 6.59. The second kappa shape index (κ2) is 9.40. The number of hydrogen-bond acceptors (Lipinski definition) is 4. The number of rotatable bonds is 7. The SMILES string of the molecule is CCCCc1ncc(/C=C2\C(=O)Nc3ccc(Cl)cc32)n1Cc1ccc(C(=O)OC)cc1. The molecule has 3 aromatic rings. The lowest BCUT2D eigenvalue weighted by molar-refractivity contribution is -0.110. The highest BCUT2D eigenvalue weighted by molar-refractivity contribution is 6.36. The number of ether oxygens (including phenoxy) is 1. The molecule has 0 saturated heterocycles. The summed E-state index contributed by atoms with van der Waals surface area (Å²) in [5, 5.41) is 3.47. The van der Waals surface area contributed by atoms with Gasteiger partial charge in [-0.2, -0.15) is 0 Å². The van der Waals surface area contributed by atoms with Crippen molar-refractivity contribution in [2.75, 3.05) is 12.4 Å². The molecule has 0 aliphatic carbocycles. The molecule has 0 unspecified atom stereocenters. The van der Waals surface area contributed by atoms with Crippen molar-refractivity contribution in [2.24, 2.45) is 0 Å². The van der Waals surface area contributed by atoms with Gasteiger partial charge in [0.05, 0.1) is 30.1 Å². The summed E-state index contributed by atoms with van der Waals surface area (Å²) in [7, 11) is 1.37. The normalized spacial score (nSPS) is 13.8. The lowest BCUT2D eigenvalue weighted by Gasteiger charge is -2.12. The molecule has 0 saturated carbocycles. The smallest absolute Gasteiger partial charge is 0.337 e. The molecule has 1 aliphatic heterocycles. The van der Waals surface area contributed by atoms with Gasteiger partial charge in [0.1, 0.15) is 5.82 Å². The molecule has 2 aromatic carbocycles. The molecule has 0 atom stereocenters. The van der Waals surface area contributed by atoms with Crippen LogP contribution in [0.3, 0.4) is 0 Å². The minimum atomic E-state index is -0.363. The van der Waals surface area contributed by atoms with E-state index in [0.29, 0.717) is 22.7 Å². The molecule has 0 spiro atoms. The van der Waals surface area contributed by atoms with Gasteiger partial charge in [-0.1, -0.05) is 37.1 Å². The molecule has 6 nitrogen and oxygen atoms in total. The number of hydrogen-bond donors (Lipinski definition) is 1. The third kappa shape index (κ3) is 4.46. The molecule has 0 radical (unpaired) electrons. The Morgan fingerprint density at radius 2 is 2.00 bits per heavy atom. The van der Waals surface area contributed by atoms with E-state index in [1.165, 1.54) is 7.11 Å². The van der Waals surface area contributed by atoms with E-state index in [-0.39, 0.29) is 11.9 Å². The maximum atomic E-state index is 12.6. The molecule has 0 fully saturated rings. The molecular formula is C25H24ClN3O3. The Labute approximate surface area is 191 Å². The number of methoxy groups -OCH3 is 1. The van der Waals surface area contributed by atoms with Crippen LogP contribution in [0.5, 0.6) is 0 Å². The molecule has 1 aliphatic rings. The van der Waals surface area contributed by atoms with Crippen molar-refractivity contribution in [1.29, 1.82) is 0 Å². The van der Waals surface area contributed by atoms with Crippen LogP contribution in [-0.4, -0.2) is 28.5 Å². The number of amides is 1. The third-order valence-corrected chi connectivity index (χ3v) is 5.73. The molecule has 7 heteroatoms. The topological polar surface area (TPSA) is 73.2 Å². The van der Waals surface area contributed by atoms with Crippen LogP contribution in [0.2, 0.25) is 5.02 Å². The van der Waals surface area contributed by atoms with Crippen molar-refractivity contribution in [3.63, 3.8) is 0 Å². The summed E-state index contributed by atoms with van der Waals surface area (Å²) in [6.45, 7) is 2.72. The predicted molar refractivity (Wildman–Crippen MR) is 126 cm³/mol. The van der Waals surface area contributed by atoms with Crippen LogP contribution < -0.4 is 5.32 Å². The van der Waals surface area contributed by atoms with Crippen LogP contribution in [0.1, 0.15) is 52.8 Å². The highest BCUT2D eigenvalue weighted by Crippen LogP contribution is 2.35. The Hall–Kier alpha value is -3.38. The maximum Gasteiger partial charge on any atom is 0.337 e. The molecule has 1 amide bonds. The number of imidazole rings is 1. The van der Waals surface area contributed by atoms with E-state index in [2.05, 4.69) is 21.8 Å². The first-order chi connectivity index (χ1) is 15.5. The molecule has 1 aromatic heterocycles. The Bertz CT molecular complexity index is 1200. The first-order valence-corrected chi connectivity index (χ1v) is 10.9. The summed E-state index contributed by atoms with van der Waals surface area (Å²) in [4.78, 5) is 29.0. The Balaban J connectivity index is 1.71. The van der Waals surface area contributed by atoms with Crippen molar-refractivity contribution >= 4 is 40.8 Å². The number of nitrogens with one attached hydrogen (secondary N) is 1. The van der Waals surface area contributed by atoms with E-state index in [1.54, 1.807) is 30.5 Å². The van der Waals surface area contributed by atoms with E-state index in [9.17, 15) is 9.59 Å². The van der Waals surface area contributed by atoms with Gasteiger partial charge in [-0.15, -0.1) is 0 Å². The van der Waals surface area contributed by atoms with E-state index >= 15 is 0 Å². The fourth-order valence-electron chi connectivity index (χ4n) is 3.76. The van der Waals surface area contributed by atoms with E-state index in [1.807, 2.05) is 24.3 Å². The van der Waals surface area contributed by atoms with Crippen molar-refractivity contribution < 1.29 is 14.3 Å². The van der Waals surface area contributed by atoms with Gasteiger partial charge in [0.25, 0.3) is 5.91 Å². The van der Waals surface area contributed by atoms with Crippen LogP contribution >= 0.6 is 11.6 Å². The zero-order chi connectivity index (χ0) is 22.7. The fourth-order valence-corrected chi connectivity index (χ4v) is 3.93. The zero-order valence-corrected chi connectivity index (χ0v) is 18.8. The highest BCUT2D eigenvalue weighted by Gasteiger charge is 2.25. The quantitative estimate of drug-likeness (QED) is 0.397. The maximum absolute atomic E-state index is 12.6. The standard InChI is InChI=1S/C25H24ClN3O3/c1-3-4-5-23-27-14-19(13-21-20-12-18(26)10-11-22(20)28-24(21)30)29(23)15-16-6-8-17(9-7-16)25(31)32-2/h6-14H,3-5,15H2,1-2H3,(H,28,30)/b21-13-. The largest absolute Gasteiger partial charge is 0.465 e. The summed E-state index contributed by atoms with van der Waals surface area (Å²) in [5.41, 5.74) is 4.46. The van der Waals surface area contributed by atoms with Crippen LogP contribution in [-0.2, 0) is 22.5 Å². The summed E-state index contributed by atoms with van der Waals surface area (Å²) < 4.78 is 6.89. The van der Waals surface area contributed by atoms with Crippen LogP contribution in [0.25, 0.3) is 11.6 Å². The summed E-state index contributed by atoms with van der Waals surface area (Å²) in [5.74, 6) is 0.436. The Morgan fingerprint density at radius 3 is 2.72 bits per heavy atom. The number of benzene rings is 2. The van der Waals surface area contributed by atoms with Gasteiger partial charge in [-0.05, 0) is 48.4 Å². The molecule has 2 heterocycles. The first-order valence-electron chi connectivity index (χ1n) is 10.5. The third-order valence-electron chi connectivity index (χ3n) is 5.50. The van der Waals surface area contributed by atoms with Gasteiger partial charge >= 0.3 is 5.97 Å². The minimum absolute atomic E-state index is 0.160. The van der Waals surface area contributed by atoms with E-state index in [0.717, 1.165) is 47.6 Å². The van der Waals surface area contributed by atoms with Crippen LogP contribution in [0, 0.1) is 0 Å². The average Bonchev–Trinajstić information content (AvgIpc) is 3.32. The molecule has 4 rings (SSSR count). The molecule has 164 valence electrons. The molecule has 1 N–H and O–H groups in total. The van der Waals surface area contributed by atoms with Gasteiger partial charge < -0.3 is 14.6 Å². The van der Waals surface area contributed by atoms with E-state index < -0.39 is 0 Å². The van der Waals surface area contributed by atoms with Crippen LogP contribution in [0.4, 0.5) is 5.69 Å². The zero-order valence-electron chi connectivity index (χ0n) is 18.0. The molecular weight excluding hydrogens is 426 g/mol. The average molecular weight is 450 g/mol. The van der Waals surface area contributed by atoms with Gasteiger partial charge in [-0.25, -0.2) is 9.78 Å². The van der Waals surface area contributed by atoms with Gasteiger partial charge in [0, 0.05) is 29.2 Å². The number of carbonyl (C=O) groups is 2. The monoisotopic (exact) mass is 449 g/mol. The van der Waals surface area contributed by atoms with E-state index in [4.69, 9.17) is 16.3 Å². The lowest BCUT2D eigenvalue weighted by atomic mass is 10.1. The van der Waals surface area contributed by atoms with Crippen molar-refractivity contribution in [3.8, 4) is 0 Å². The minimum Gasteiger partial charge on any atom is -0.465 e. The number of fused-ring (bicyclic) bond motifs is 1. The Morgan fingerprint density at radius 1 is 1.22 bits per heavy atom. The van der Waals surface area contributed by atoms with Crippen molar-refractivity contribution in [1.82, 2.24) is 9.55 Å². The van der Waals surface area contributed by atoms with Crippen LogP contribution in [0.15, 0.2) is 48.7 Å². The lowest BCUT2D eigenvalue weighted by Crippen LogP contribution is -2.09. The highest BCUT2D eigenvalue weighted by atomic mass is 35.5. The number of nitrogens with zero attached hydrogens (tertiary/aromatic N) is 2. The summed E-state index contributed by atoms with van der Waals surface area (Å²) >= 11 is 6.17. The van der Waals surface area contributed by atoms with Gasteiger partial charge in [0.15, 0.2) is 0 Å². The number of unbranched alkanes of at least 4 members (excludes halogenated alkanes) is 1. The second-order valence-corrected chi connectivity index (χ2v) is 8.12. The Kier molecular flexibility index (Phi) is 6.42. The first kappa shape index (κ1) is 21.8. The molecule has 0 bridgehead atoms. The van der Waals surface area contributed by atoms with Gasteiger partial charge in [-0.3, -0.25) is 4.79 Å². The number of esters is 1. The van der Waals surface area contributed by atoms with Gasteiger partial charge in [0.2, 0.25) is 0 Å². The number of carbonyl (C=O) groups excluding carboxylic acids is 2. The number of halogens is 1. The second-order valence-electron chi connectivity index (χ2n) is 7.68. The number of aromatic nitrogens is 2. The summed E-state index contributed by atoms with van der Waals surface area (Å²) in [6, 6.07) is 12.7. The predicted octanol–water partition coefficient (Wildman–Crippen LogP) is 5.21. The van der Waals surface area contributed by atoms with Crippen molar-refractivity contribution in [3.05, 3.63) is 81.9 Å². The van der Waals surface area contributed by atoms with Crippen molar-refractivity contribution in [2.45, 2.75) is 32.7 Å².